The van der Waals surface area contributed by atoms with Crippen LogP contribution in [0.5, 0.6) is 0 Å². The average Bonchev–Trinajstić information content (AvgIpc) is 2.35. The van der Waals surface area contributed by atoms with Gasteiger partial charge in [-0.3, -0.25) is 9.69 Å². The van der Waals surface area contributed by atoms with Crippen LogP contribution in [0.15, 0.2) is 5.16 Å². The number of ketones is 1. The van der Waals surface area contributed by atoms with Crippen molar-refractivity contribution in [1.82, 2.24) is 4.90 Å². The van der Waals surface area contributed by atoms with Crippen LogP contribution in [0.2, 0.25) is 0 Å². The van der Waals surface area contributed by atoms with Crippen LogP contribution in [0.3, 0.4) is 0 Å². The molecule has 0 atom stereocenters. The van der Waals surface area contributed by atoms with Crippen molar-refractivity contribution in [3.05, 3.63) is 0 Å². The van der Waals surface area contributed by atoms with Gasteiger partial charge in [-0.25, -0.2) is 0 Å². The van der Waals surface area contributed by atoms with E-state index in [-0.39, 0.29) is 18.2 Å². The van der Waals surface area contributed by atoms with Gasteiger partial charge in [-0.15, -0.1) is 12.4 Å². The Morgan fingerprint density at radius 2 is 1.89 bits per heavy atom. The van der Waals surface area contributed by atoms with E-state index < -0.39 is 0 Å². The zero-order chi connectivity index (χ0) is 12.3. The number of morpholine rings is 1. The zero-order valence-electron chi connectivity index (χ0n) is 10.7. The molecule has 0 amide bonds. The minimum Gasteiger partial charge on any atom is -0.411 e. The summed E-state index contributed by atoms with van der Waals surface area (Å²) < 4.78 is 5.28. The molecule has 106 valence electrons. The summed E-state index contributed by atoms with van der Waals surface area (Å²) >= 11 is 0. The van der Waals surface area contributed by atoms with Gasteiger partial charge in [0.25, 0.3) is 0 Å². The standard InChI is InChI=1S/C12H22N2O3.ClH/c15-12(11-13-16)5-3-1-2-4-6-14-7-9-17-10-8-14;/h11,16H,1-10H2;1H. The van der Waals surface area contributed by atoms with Gasteiger partial charge in [-0.1, -0.05) is 18.0 Å². The fourth-order valence-electron chi connectivity index (χ4n) is 1.94. The normalized spacial score (nSPS) is 16.7. The maximum absolute atomic E-state index is 11.0. The molecular formula is C12H23ClN2O3. The molecule has 0 aliphatic carbocycles. The van der Waals surface area contributed by atoms with E-state index in [1.165, 1.54) is 6.42 Å². The predicted octanol–water partition coefficient (Wildman–Crippen LogP) is 1.72. The van der Waals surface area contributed by atoms with Gasteiger partial charge in [0, 0.05) is 19.5 Å². The van der Waals surface area contributed by atoms with Crippen LogP contribution in [-0.2, 0) is 9.53 Å². The summed E-state index contributed by atoms with van der Waals surface area (Å²) in [5, 5.41) is 10.9. The van der Waals surface area contributed by atoms with Gasteiger partial charge in [-0.2, -0.15) is 0 Å². The van der Waals surface area contributed by atoms with E-state index in [0.29, 0.717) is 6.42 Å². The summed E-state index contributed by atoms with van der Waals surface area (Å²) in [6.07, 6.45) is 5.75. The third kappa shape index (κ3) is 8.44. The van der Waals surface area contributed by atoms with E-state index in [1.807, 2.05) is 0 Å². The number of oxime groups is 1. The number of halogens is 1. The largest absolute Gasteiger partial charge is 0.411 e. The first-order valence-corrected chi connectivity index (χ1v) is 6.33. The lowest BCUT2D eigenvalue weighted by Gasteiger charge is -2.26. The van der Waals surface area contributed by atoms with E-state index in [9.17, 15) is 4.79 Å². The first-order valence-electron chi connectivity index (χ1n) is 6.33. The van der Waals surface area contributed by atoms with Crippen LogP contribution < -0.4 is 0 Å². The Kier molecular flexibility index (Phi) is 11.0. The van der Waals surface area contributed by atoms with Gasteiger partial charge in [0.05, 0.1) is 13.2 Å². The predicted molar refractivity (Wildman–Crippen MR) is 72.9 cm³/mol. The maximum Gasteiger partial charge on any atom is 0.177 e. The van der Waals surface area contributed by atoms with Crippen LogP contribution in [0.4, 0.5) is 0 Å². The molecule has 0 spiro atoms. The molecule has 0 aromatic rings. The van der Waals surface area contributed by atoms with Gasteiger partial charge in [-0.05, 0) is 19.4 Å². The molecule has 0 aromatic carbocycles. The van der Waals surface area contributed by atoms with Crippen molar-refractivity contribution in [1.29, 1.82) is 0 Å². The molecule has 5 nitrogen and oxygen atoms in total. The smallest absolute Gasteiger partial charge is 0.177 e. The monoisotopic (exact) mass is 278 g/mol. The molecule has 1 heterocycles. The third-order valence-electron chi connectivity index (χ3n) is 2.95. The fourth-order valence-corrected chi connectivity index (χ4v) is 1.94. The molecule has 1 aliphatic heterocycles. The highest BCUT2D eigenvalue weighted by Crippen LogP contribution is 2.05. The van der Waals surface area contributed by atoms with Crippen LogP contribution in [0, 0.1) is 0 Å². The third-order valence-corrected chi connectivity index (χ3v) is 2.95. The van der Waals surface area contributed by atoms with Gasteiger partial charge in [0.15, 0.2) is 5.78 Å². The fraction of sp³-hybridized carbons (Fsp3) is 0.833. The lowest BCUT2D eigenvalue weighted by molar-refractivity contribution is -0.112. The highest BCUT2D eigenvalue weighted by atomic mass is 35.5. The minimum atomic E-state index is -0.0966. The second-order valence-corrected chi connectivity index (χ2v) is 4.33. The summed E-state index contributed by atoms with van der Waals surface area (Å²) in [6.45, 7) is 4.94. The summed E-state index contributed by atoms with van der Waals surface area (Å²) in [7, 11) is 0. The average molecular weight is 279 g/mol. The highest BCUT2D eigenvalue weighted by molar-refractivity contribution is 6.27. The SMILES string of the molecule is Cl.O=C(C=NO)CCCCCCN1CCOCC1. The topological polar surface area (TPSA) is 62.1 Å². The van der Waals surface area contributed by atoms with Gasteiger partial charge in [0.1, 0.15) is 6.21 Å². The molecule has 0 unspecified atom stereocenters. The molecule has 0 radical (unpaired) electrons. The molecule has 1 fully saturated rings. The number of Topliss-reactive ketones (excluding diaryl/α,β-unsaturated/α-hetero) is 1. The van der Waals surface area contributed by atoms with Gasteiger partial charge >= 0.3 is 0 Å². The second kappa shape index (κ2) is 11.4. The summed E-state index contributed by atoms with van der Waals surface area (Å²) in [5.41, 5.74) is 0. The molecule has 1 N–H and O–H groups in total. The molecule has 6 heteroatoms. The Morgan fingerprint density at radius 1 is 1.22 bits per heavy atom. The van der Waals surface area contributed by atoms with Crippen LogP contribution in [0.25, 0.3) is 0 Å². The second-order valence-electron chi connectivity index (χ2n) is 4.33. The first-order chi connectivity index (χ1) is 8.33. The zero-order valence-corrected chi connectivity index (χ0v) is 11.5. The summed E-state index contributed by atoms with van der Waals surface area (Å²) in [6, 6.07) is 0. The van der Waals surface area contributed by atoms with Crippen LogP contribution >= 0.6 is 12.4 Å². The van der Waals surface area contributed by atoms with Crippen LogP contribution in [0.1, 0.15) is 32.1 Å². The lowest BCUT2D eigenvalue weighted by atomic mass is 10.1. The summed E-state index contributed by atoms with van der Waals surface area (Å²) in [4.78, 5) is 13.4. The number of carbonyl (C=O) groups is 1. The number of hydrogen-bond donors (Lipinski definition) is 1. The van der Waals surface area contributed by atoms with Crippen molar-refractivity contribution in [3.8, 4) is 0 Å². The van der Waals surface area contributed by atoms with E-state index in [2.05, 4.69) is 10.1 Å². The van der Waals surface area contributed by atoms with Crippen molar-refractivity contribution in [2.75, 3.05) is 32.8 Å². The molecule has 1 rings (SSSR count). The molecular weight excluding hydrogens is 256 g/mol. The van der Waals surface area contributed by atoms with Crippen molar-refractivity contribution in [2.45, 2.75) is 32.1 Å². The van der Waals surface area contributed by atoms with Crippen molar-refractivity contribution in [3.63, 3.8) is 0 Å². The molecule has 0 saturated carbocycles. The molecule has 0 aromatic heterocycles. The molecule has 1 aliphatic rings. The number of nitrogens with zero attached hydrogens (tertiary/aromatic N) is 2. The van der Waals surface area contributed by atoms with E-state index in [1.54, 1.807) is 0 Å². The number of rotatable bonds is 8. The number of unbranched alkanes of at least 4 members (excludes halogenated alkanes) is 3. The van der Waals surface area contributed by atoms with Crippen molar-refractivity contribution >= 4 is 24.4 Å². The van der Waals surface area contributed by atoms with Gasteiger partial charge in [0.2, 0.25) is 0 Å². The maximum atomic E-state index is 11.0. The quantitative estimate of drug-likeness (QED) is 0.318. The van der Waals surface area contributed by atoms with E-state index >= 15 is 0 Å². The van der Waals surface area contributed by atoms with E-state index in [4.69, 9.17) is 9.94 Å². The number of ether oxygens (including phenoxy) is 1. The molecule has 1 saturated heterocycles. The Hall–Kier alpha value is -0.650. The van der Waals surface area contributed by atoms with Crippen molar-refractivity contribution < 1.29 is 14.7 Å². The van der Waals surface area contributed by atoms with Crippen molar-refractivity contribution in [2.24, 2.45) is 5.16 Å². The Balaban J connectivity index is 0.00000289. The minimum absolute atomic E-state index is 0. The Bertz CT molecular complexity index is 243. The number of carbonyl (C=O) groups excluding carboxylic acids is 1. The Morgan fingerprint density at radius 3 is 2.56 bits per heavy atom. The van der Waals surface area contributed by atoms with Crippen LogP contribution in [-0.4, -0.2) is 55.0 Å². The van der Waals surface area contributed by atoms with Gasteiger partial charge < -0.3 is 9.94 Å². The molecule has 18 heavy (non-hydrogen) atoms. The lowest BCUT2D eigenvalue weighted by Crippen LogP contribution is -2.36. The Labute approximate surface area is 115 Å². The highest BCUT2D eigenvalue weighted by Gasteiger charge is 2.08. The summed E-state index contributed by atoms with van der Waals surface area (Å²) in [5.74, 6) is -0.0966. The van der Waals surface area contributed by atoms with E-state index in [0.717, 1.165) is 58.3 Å². The number of hydrogen-bond acceptors (Lipinski definition) is 5. The first kappa shape index (κ1) is 17.4. The molecule has 0 bridgehead atoms.